The predicted octanol–water partition coefficient (Wildman–Crippen LogP) is 3.79. The van der Waals surface area contributed by atoms with Crippen LogP contribution in [0, 0.1) is 13.8 Å². The lowest BCUT2D eigenvalue weighted by atomic mass is 10.0. The molecule has 126 valence electrons. The van der Waals surface area contributed by atoms with Crippen LogP contribution in [0.1, 0.15) is 22.3 Å². The summed E-state index contributed by atoms with van der Waals surface area (Å²) in [5, 5.41) is 1.30. The van der Waals surface area contributed by atoms with E-state index in [9.17, 15) is 0 Å². The maximum atomic E-state index is 6.42. The van der Waals surface area contributed by atoms with Crippen LogP contribution in [0.25, 0.3) is 10.9 Å². The number of aromatic nitrogens is 1. The van der Waals surface area contributed by atoms with Gasteiger partial charge in [0.25, 0.3) is 0 Å². The minimum atomic E-state index is 0.124. The maximum Gasteiger partial charge on any atom is 0.0459 e. The van der Waals surface area contributed by atoms with Gasteiger partial charge in [0, 0.05) is 36.2 Å². The number of fused-ring (bicyclic) bond motifs is 1. The van der Waals surface area contributed by atoms with E-state index in [4.69, 9.17) is 5.73 Å². The van der Waals surface area contributed by atoms with Gasteiger partial charge in [0.15, 0.2) is 0 Å². The Morgan fingerprint density at radius 2 is 1.79 bits per heavy atom. The van der Waals surface area contributed by atoms with E-state index in [2.05, 4.69) is 79.4 Å². The van der Waals surface area contributed by atoms with Crippen molar-refractivity contribution < 1.29 is 0 Å². The summed E-state index contributed by atoms with van der Waals surface area (Å²) in [4.78, 5) is 5.68. The molecule has 1 unspecified atom stereocenters. The Balaban J connectivity index is 1.64. The number of benzene rings is 2. The average molecular weight is 321 g/mol. The first-order chi connectivity index (χ1) is 11.5. The monoisotopic (exact) mass is 321 g/mol. The summed E-state index contributed by atoms with van der Waals surface area (Å²) in [5.74, 6) is 0. The lowest BCUT2D eigenvalue weighted by molar-refractivity contribution is 0.302. The van der Waals surface area contributed by atoms with Gasteiger partial charge in [-0.15, -0.1) is 0 Å². The number of rotatable bonds is 6. The molecule has 0 spiro atoms. The fraction of sp³-hybridized carbons (Fsp3) is 0.333. The lowest BCUT2D eigenvalue weighted by Gasteiger charge is -2.21. The lowest BCUT2D eigenvalue weighted by Crippen LogP contribution is -2.36. The van der Waals surface area contributed by atoms with E-state index < -0.39 is 0 Å². The molecule has 1 aromatic heterocycles. The molecule has 0 saturated heterocycles. The fourth-order valence-corrected chi connectivity index (χ4v) is 3.32. The summed E-state index contributed by atoms with van der Waals surface area (Å²) < 4.78 is 0. The summed E-state index contributed by atoms with van der Waals surface area (Å²) in [6.07, 6.45) is 3.00. The van der Waals surface area contributed by atoms with Gasteiger partial charge in [-0.05, 0) is 61.7 Å². The van der Waals surface area contributed by atoms with E-state index >= 15 is 0 Å². The van der Waals surface area contributed by atoms with Crippen molar-refractivity contribution in [2.75, 3.05) is 13.6 Å². The van der Waals surface area contributed by atoms with Crippen LogP contribution < -0.4 is 5.73 Å². The normalized spacial score (nSPS) is 12.9. The molecule has 1 heterocycles. The Hall–Kier alpha value is -2.10. The number of nitrogens with two attached hydrogens (primary N) is 1. The highest BCUT2D eigenvalue weighted by atomic mass is 15.1. The zero-order valence-corrected chi connectivity index (χ0v) is 14.8. The standard InChI is InChI=1S/C21H27N3/c1-15-9-20-18(12-23-21(20)10-16(15)2)11-19(22)14-24(3)13-17-7-5-4-6-8-17/h4-10,12,19,23H,11,13-14,22H2,1-3H3. The van der Waals surface area contributed by atoms with Crippen molar-refractivity contribution in [1.82, 2.24) is 9.88 Å². The number of hydrogen-bond donors (Lipinski definition) is 2. The molecule has 0 amide bonds. The van der Waals surface area contributed by atoms with Crippen molar-refractivity contribution in [1.29, 1.82) is 0 Å². The van der Waals surface area contributed by atoms with E-state index in [1.807, 2.05) is 0 Å². The van der Waals surface area contributed by atoms with Gasteiger partial charge in [-0.3, -0.25) is 0 Å². The Labute approximate surface area is 144 Å². The zero-order valence-electron chi connectivity index (χ0n) is 14.8. The largest absolute Gasteiger partial charge is 0.361 e. The maximum absolute atomic E-state index is 6.42. The van der Waals surface area contributed by atoms with Gasteiger partial charge in [0.05, 0.1) is 0 Å². The summed E-state index contributed by atoms with van der Waals surface area (Å²) >= 11 is 0. The molecule has 3 N–H and O–H groups in total. The molecular weight excluding hydrogens is 294 g/mol. The zero-order chi connectivity index (χ0) is 17.1. The minimum absolute atomic E-state index is 0.124. The molecule has 0 aliphatic heterocycles. The average Bonchev–Trinajstić information content (AvgIpc) is 2.90. The van der Waals surface area contributed by atoms with Crippen LogP contribution in [0.4, 0.5) is 0 Å². The third-order valence-electron chi connectivity index (χ3n) is 4.71. The van der Waals surface area contributed by atoms with Gasteiger partial charge in [-0.2, -0.15) is 0 Å². The van der Waals surface area contributed by atoms with Gasteiger partial charge < -0.3 is 15.6 Å². The van der Waals surface area contributed by atoms with E-state index in [1.165, 1.54) is 33.2 Å². The van der Waals surface area contributed by atoms with E-state index in [1.54, 1.807) is 0 Å². The first kappa shape index (κ1) is 16.7. The number of aromatic amines is 1. The highest BCUT2D eigenvalue weighted by molar-refractivity contribution is 5.84. The summed E-state index contributed by atoms with van der Waals surface area (Å²) in [6, 6.07) is 15.2. The Morgan fingerprint density at radius 1 is 1.08 bits per heavy atom. The van der Waals surface area contributed by atoms with Crippen LogP contribution in [0.5, 0.6) is 0 Å². The van der Waals surface area contributed by atoms with E-state index in [-0.39, 0.29) is 6.04 Å². The quantitative estimate of drug-likeness (QED) is 0.725. The number of nitrogens with zero attached hydrogens (tertiary/aromatic N) is 1. The van der Waals surface area contributed by atoms with Gasteiger partial charge in [0.1, 0.15) is 0 Å². The molecule has 3 rings (SSSR count). The van der Waals surface area contributed by atoms with Crippen molar-refractivity contribution in [2.45, 2.75) is 32.9 Å². The topological polar surface area (TPSA) is 45.1 Å². The second kappa shape index (κ2) is 7.20. The number of likely N-dealkylation sites (N-methyl/N-ethyl adjacent to an activating group) is 1. The van der Waals surface area contributed by atoms with Crippen LogP contribution in [-0.4, -0.2) is 29.5 Å². The van der Waals surface area contributed by atoms with Crippen LogP contribution in [0.3, 0.4) is 0 Å². The van der Waals surface area contributed by atoms with Crippen LogP contribution in [-0.2, 0) is 13.0 Å². The Bertz CT molecular complexity index is 805. The Kier molecular flexibility index (Phi) is 5.03. The molecule has 2 aromatic carbocycles. The molecule has 0 fully saturated rings. The van der Waals surface area contributed by atoms with Crippen LogP contribution in [0.15, 0.2) is 48.7 Å². The predicted molar refractivity (Wildman–Crippen MR) is 102 cm³/mol. The van der Waals surface area contributed by atoms with Crippen molar-refractivity contribution in [3.05, 3.63) is 70.9 Å². The van der Waals surface area contributed by atoms with Crippen molar-refractivity contribution in [2.24, 2.45) is 5.73 Å². The molecule has 3 nitrogen and oxygen atoms in total. The van der Waals surface area contributed by atoms with Gasteiger partial charge in [0.2, 0.25) is 0 Å². The summed E-state index contributed by atoms with van der Waals surface area (Å²) in [6.45, 7) is 6.13. The van der Waals surface area contributed by atoms with Gasteiger partial charge in [-0.1, -0.05) is 30.3 Å². The highest BCUT2D eigenvalue weighted by Gasteiger charge is 2.12. The molecule has 0 bridgehead atoms. The summed E-state index contributed by atoms with van der Waals surface area (Å²) in [5.41, 5.74) is 12.9. The third-order valence-corrected chi connectivity index (χ3v) is 4.71. The first-order valence-electron chi connectivity index (χ1n) is 8.58. The fourth-order valence-electron chi connectivity index (χ4n) is 3.32. The van der Waals surface area contributed by atoms with Gasteiger partial charge >= 0.3 is 0 Å². The molecule has 1 atom stereocenters. The molecular formula is C21H27N3. The number of nitrogens with one attached hydrogen (secondary N) is 1. The van der Waals surface area contributed by atoms with Crippen molar-refractivity contribution >= 4 is 10.9 Å². The molecule has 3 aromatic rings. The van der Waals surface area contributed by atoms with Crippen molar-refractivity contribution in [3.63, 3.8) is 0 Å². The van der Waals surface area contributed by atoms with E-state index in [0.717, 1.165) is 19.5 Å². The molecule has 0 aliphatic rings. The van der Waals surface area contributed by atoms with E-state index in [0.29, 0.717) is 0 Å². The number of aryl methyl sites for hydroxylation is 2. The van der Waals surface area contributed by atoms with Crippen molar-refractivity contribution in [3.8, 4) is 0 Å². The second-order valence-corrected chi connectivity index (χ2v) is 6.94. The van der Waals surface area contributed by atoms with Crippen LogP contribution in [0.2, 0.25) is 0 Å². The number of hydrogen-bond acceptors (Lipinski definition) is 2. The smallest absolute Gasteiger partial charge is 0.0459 e. The highest BCUT2D eigenvalue weighted by Crippen LogP contribution is 2.23. The molecule has 0 aliphatic carbocycles. The third kappa shape index (κ3) is 3.86. The van der Waals surface area contributed by atoms with Gasteiger partial charge in [-0.25, -0.2) is 0 Å². The molecule has 3 heteroatoms. The first-order valence-corrected chi connectivity index (χ1v) is 8.58. The molecule has 24 heavy (non-hydrogen) atoms. The Morgan fingerprint density at radius 3 is 2.54 bits per heavy atom. The number of H-pyrrole nitrogens is 1. The molecule has 0 radical (unpaired) electrons. The van der Waals surface area contributed by atoms with Crippen LogP contribution >= 0.6 is 0 Å². The minimum Gasteiger partial charge on any atom is -0.361 e. The SMILES string of the molecule is Cc1cc2[nH]cc(CC(N)CN(C)Cc3ccccc3)c2cc1C. The molecule has 0 saturated carbocycles. The summed E-state index contributed by atoms with van der Waals surface area (Å²) in [7, 11) is 2.13. The second-order valence-electron chi connectivity index (χ2n) is 6.94.